The Morgan fingerprint density at radius 1 is 1.00 bits per heavy atom. The topological polar surface area (TPSA) is 137 Å². The molecule has 140 valence electrons. The smallest absolute Gasteiger partial charge is 0.430 e. The molecular weight excluding hydrogens is 322 g/mol. The number of hydrogen-bond acceptors (Lipinski definition) is 7. The number of nitrogens with one attached hydrogen (secondary N) is 2. The van der Waals surface area contributed by atoms with Gasteiger partial charge in [-0.25, -0.2) is 25.5 Å². The lowest BCUT2D eigenvalue weighted by Crippen LogP contribution is -2.61. The van der Waals surface area contributed by atoms with Gasteiger partial charge in [-0.3, -0.25) is 10.0 Å². The van der Waals surface area contributed by atoms with Crippen molar-refractivity contribution in [3.63, 3.8) is 0 Å². The Labute approximate surface area is 141 Å². The van der Waals surface area contributed by atoms with Gasteiger partial charge in [-0.15, -0.1) is 0 Å². The zero-order valence-corrected chi connectivity index (χ0v) is 15.0. The average molecular weight is 349 g/mol. The summed E-state index contributed by atoms with van der Waals surface area (Å²) in [5.74, 6) is -1.12. The molecule has 4 N–H and O–H groups in total. The molecule has 3 amide bonds. The standard InChI is InChI=1S/C14H27N3O7/c1-8(18)9(10(19)16-22)17(12(21)24-14(5,6)7)15-11(20)23-13(2,3)4/h8-9,18,22H,1-7H3,(H,15,20)(H,16,19). The molecule has 0 spiro atoms. The number of nitrogens with zero attached hydrogens (tertiary/aromatic N) is 1. The fraction of sp³-hybridized carbons (Fsp3) is 0.786. The van der Waals surface area contributed by atoms with E-state index in [4.69, 9.17) is 14.7 Å². The number of hydrogen-bond donors (Lipinski definition) is 4. The number of amides is 3. The van der Waals surface area contributed by atoms with E-state index in [1.54, 1.807) is 41.5 Å². The molecule has 0 aliphatic carbocycles. The Hall–Kier alpha value is -2.07. The summed E-state index contributed by atoms with van der Waals surface area (Å²) in [5, 5.41) is 19.0. The van der Waals surface area contributed by atoms with Gasteiger partial charge in [0.05, 0.1) is 6.10 Å². The van der Waals surface area contributed by atoms with Crippen LogP contribution in [0.3, 0.4) is 0 Å². The van der Waals surface area contributed by atoms with Gasteiger partial charge in [0.2, 0.25) is 0 Å². The van der Waals surface area contributed by atoms with Gasteiger partial charge >= 0.3 is 12.2 Å². The maximum atomic E-state index is 12.3. The second-order valence-corrected chi connectivity index (χ2v) is 7.13. The van der Waals surface area contributed by atoms with E-state index in [2.05, 4.69) is 5.43 Å². The van der Waals surface area contributed by atoms with Crippen LogP contribution in [0.2, 0.25) is 0 Å². The first-order chi connectivity index (χ1) is 10.7. The van der Waals surface area contributed by atoms with Crippen molar-refractivity contribution in [2.75, 3.05) is 0 Å². The molecule has 0 fully saturated rings. The van der Waals surface area contributed by atoms with E-state index in [-0.39, 0.29) is 0 Å². The van der Waals surface area contributed by atoms with Crippen LogP contribution in [0, 0.1) is 0 Å². The molecule has 0 aliphatic rings. The number of hydroxylamine groups is 1. The number of hydrazine groups is 1. The molecule has 0 aliphatic heterocycles. The van der Waals surface area contributed by atoms with Crippen LogP contribution in [-0.2, 0) is 14.3 Å². The molecule has 2 atom stereocenters. The minimum absolute atomic E-state index is 0.468. The minimum Gasteiger partial charge on any atom is -0.443 e. The quantitative estimate of drug-likeness (QED) is 0.439. The third kappa shape index (κ3) is 7.97. The number of carbonyl (C=O) groups excluding carboxylic acids is 3. The van der Waals surface area contributed by atoms with Gasteiger partial charge in [-0.1, -0.05) is 0 Å². The Balaban J connectivity index is 5.53. The van der Waals surface area contributed by atoms with E-state index in [1.807, 2.05) is 0 Å². The van der Waals surface area contributed by atoms with Crippen molar-refractivity contribution in [1.29, 1.82) is 0 Å². The first-order valence-corrected chi connectivity index (χ1v) is 7.32. The normalized spacial score (nSPS) is 14.2. The molecule has 0 aromatic heterocycles. The largest absolute Gasteiger partial charge is 0.443 e. The Bertz CT molecular complexity index is 466. The van der Waals surface area contributed by atoms with Crippen LogP contribution >= 0.6 is 0 Å². The second-order valence-electron chi connectivity index (χ2n) is 7.13. The molecule has 24 heavy (non-hydrogen) atoms. The van der Waals surface area contributed by atoms with E-state index in [0.29, 0.717) is 5.01 Å². The first-order valence-electron chi connectivity index (χ1n) is 7.32. The summed E-state index contributed by atoms with van der Waals surface area (Å²) < 4.78 is 10.1. The van der Waals surface area contributed by atoms with Gasteiger partial charge in [-0.05, 0) is 48.5 Å². The fourth-order valence-electron chi connectivity index (χ4n) is 1.56. The summed E-state index contributed by atoms with van der Waals surface area (Å²) in [6.45, 7) is 10.8. The minimum atomic E-state index is -1.64. The van der Waals surface area contributed by atoms with Crippen LogP contribution in [0.5, 0.6) is 0 Å². The Morgan fingerprint density at radius 2 is 1.46 bits per heavy atom. The van der Waals surface area contributed by atoms with Gasteiger partial charge in [0.15, 0.2) is 6.04 Å². The summed E-state index contributed by atoms with van der Waals surface area (Å²) in [4.78, 5) is 36.0. The SMILES string of the molecule is CC(O)C(C(=O)NO)N(NC(=O)OC(C)(C)C)C(=O)OC(C)(C)C. The highest BCUT2D eigenvalue weighted by Crippen LogP contribution is 2.14. The molecule has 10 heteroatoms. The van der Waals surface area contributed by atoms with Crippen molar-refractivity contribution in [3.8, 4) is 0 Å². The number of carbonyl (C=O) groups is 3. The molecule has 2 unspecified atom stereocenters. The summed E-state index contributed by atoms with van der Waals surface area (Å²) in [6.07, 6.45) is -3.58. The van der Waals surface area contributed by atoms with E-state index in [1.165, 1.54) is 12.4 Å². The van der Waals surface area contributed by atoms with Crippen molar-refractivity contribution >= 4 is 18.1 Å². The highest BCUT2D eigenvalue weighted by atomic mass is 16.6. The molecular formula is C14H27N3O7. The molecule has 0 rings (SSSR count). The zero-order valence-electron chi connectivity index (χ0n) is 15.0. The predicted molar refractivity (Wildman–Crippen MR) is 82.8 cm³/mol. The van der Waals surface area contributed by atoms with E-state index < -0.39 is 41.4 Å². The molecule has 0 saturated carbocycles. The van der Waals surface area contributed by atoms with Crippen LogP contribution in [0.1, 0.15) is 48.5 Å². The van der Waals surface area contributed by atoms with Crippen LogP contribution in [0.25, 0.3) is 0 Å². The monoisotopic (exact) mass is 349 g/mol. The van der Waals surface area contributed by atoms with Gasteiger partial charge in [-0.2, -0.15) is 0 Å². The first kappa shape index (κ1) is 21.9. The van der Waals surface area contributed by atoms with Gasteiger partial charge < -0.3 is 14.6 Å². The molecule has 0 heterocycles. The Morgan fingerprint density at radius 3 is 1.79 bits per heavy atom. The van der Waals surface area contributed by atoms with E-state index >= 15 is 0 Å². The zero-order chi connectivity index (χ0) is 19.3. The molecule has 0 radical (unpaired) electrons. The lowest BCUT2D eigenvalue weighted by atomic mass is 10.1. The predicted octanol–water partition coefficient (Wildman–Crippen LogP) is 0.918. The van der Waals surface area contributed by atoms with E-state index in [9.17, 15) is 19.5 Å². The van der Waals surface area contributed by atoms with Crippen LogP contribution < -0.4 is 10.9 Å². The van der Waals surface area contributed by atoms with Crippen molar-refractivity contribution in [1.82, 2.24) is 15.9 Å². The summed E-state index contributed by atoms with van der Waals surface area (Å²) in [7, 11) is 0. The molecule has 0 aromatic rings. The summed E-state index contributed by atoms with van der Waals surface area (Å²) >= 11 is 0. The van der Waals surface area contributed by atoms with E-state index in [0.717, 1.165) is 0 Å². The maximum absolute atomic E-state index is 12.3. The number of rotatable bonds is 3. The molecule has 0 aromatic carbocycles. The maximum Gasteiger partial charge on any atom is 0.430 e. The lowest BCUT2D eigenvalue weighted by molar-refractivity contribution is -0.140. The highest BCUT2D eigenvalue weighted by Gasteiger charge is 2.38. The highest BCUT2D eigenvalue weighted by molar-refractivity contribution is 5.86. The average Bonchev–Trinajstić information content (AvgIpc) is 2.32. The van der Waals surface area contributed by atoms with Crippen LogP contribution in [-0.4, -0.2) is 56.8 Å². The number of aliphatic hydroxyl groups is 1. The lowest BCUT2D eigenvalue weighted by Gasteiger charge is -2.33. The van der Waals surface area contributed by atoms with Crippen molar-refractivity contribution in [2.24, 2.45) is 0 Å². The fourth-order valence-corrected chi connectivity index (χ4v) is 1.56. The second kappa shape index (κ2) is 8.15. The third-order valence-corrected chi connectivity index (χ3v) is 2.31. The molecule has 0 bridgehead atoms. The summed E-state index contributed by atoms with van der Waals surface area (Å²) in [5.41, 5.74) is 1.60. The van der Waals surface area contributed by atoms with Gasteiger partial charge in [0.25, 0.3) is 5.91 Å². The third-order valence-electron chi connectivity index (χ3n) is 2.31. The van der Waals surface area contributed by atoms with Crippen LogP contribution in [0.15, 0.2) is 0 Å². The van der Waals surface area contributed by atoms with Crippen LogP contribution in [0.4, 0.5) is 9.59 Å². The number of aliphatic hydroxyl groups excluding tert-OH is 1. The molecule has 10 nitrogen and oxygen atoms in total. The summed E-state index contributed by atoms with van der Waals surface area (Å²) in [6, 6.07) is -1.64. The van der Waals surface area contributed by atoms with Gasteiger partial charge in [0.1, 0.15) is 11.2 Å². The number of ether oxygens (including phenoxy) is 2. The Kier molecular flexibility index (Phi) is 7.45. The molecule has 0 saturated heterocycles. The van der Waals surface area contributed by atoms with Crippen molar-refractivity contribution in [2.45, 2.75) is 71.8 Å². The van der Waals surface area contributed by atoms with Crippen molar-refractivity contribution in [3.05, 3.63) is 0 Å². The van der Waals surface area contributed by atoms with Crippen molar-refractivity contribution < 1.29 is 34.2 Å². The van der Waals surface area contributed by atoms with Gasteiger partial charge in [0, 0.05) is 0 Å².